The monoisotopic (exact) mass is 332 g/mol. The highest BCUT2D eigenvalue weighted by molar-refractivity contribution is 6.30. The maximum Gasteiger partial charge on any atom is 0.244 e. The van der Waals surface area contributed by atoms with Gasteiger partial charge in [0.1, 0.15) is 6.54 Å². The minimum atomic E-state index is -0.424. The quantitative estimate of drug-likeness (QED) is 0.865. The minimum absolute atomic E-state index is 0.254. The van der Waals surface area contributed by atoms with Crippen molar-refractivity contribution in [2.24, 2.45) is 11.8 Å². The van der Waals surface area contributed by atoms with Crippen LogP contribution < -0.4 is 5.32 Å². The number of imide groups is 1. The zero-order valence-electron chi connectivity index (χ0n) is 12.7. The second-order valence-electron chi connectivity index (χ2n) is 5.98. The van der Waals surface area contributed by atoms with Crippen molar-refractivity contribution in [1.29, 1.82) is 0 Å². The molecule has 1 N–H and O–H groups in total. The number of carbonyl (C=O) groups excluding carboxylic acids is 3. The third-order valence-electron chi connectivity index (χ3n) is 4.30. The van der Waals surface area contributed by atoms with Crippen LogP contribution in [-0.4, -0.2) is 29.2 Å². The SMILES string of the molecule is Cc1ccc(NC(=O)CN2C(=O)[C@H]3CC(Cl)=CC[C@H]3C2=O)cc1. The van der Waals surface area contributed by atoms with E-state index in [1.165, 1.54) is 0 Å². The molecule has 120 valence electrons. The van der Waals surface area contributed by atoms with E-state index in [2.05, 4.69) is 5.32 Å². The van der Waals surface area contributed by atoms with Crippen LogP contribution in [0.4, 0.5) is 5.69 Å². The molecule has 1 aliphatic heterocycles. The summed E-state index contributed by atoms with van der Waals surface area (Å²) in [7, 11) is 0. The van der Waals surface area contributed by atoms with E-state index in [4.69, 9.17) is 11.6 Å². The zero-order chi connectivity index (χ0) is 16.6. The van der Waals surface area contributed by atoms with E-state index in [0.717, 1.165) is 10.5 Å². The summed E-state index contributed by atoms with van der Waals surface area (Å²) >= 11 is 5.97. The number of nitrogens with one attached hydrogen (secondary N) is 1. The standard InChI is InChI=1S/C17H17ClN2O3/c1-10-2-5-12(6-3-10)19-15(21)9-20-16(22)13-7-4-11(18)8-14(13)17(20)23/h2-6,13-14H,7-9H2,1H3,(H,19,21)/t13-,14+/m1/s1. The molecule has 0 bridgehead atoms. The van der Waals surface area contributed by atoms with Crippen molar-refractivity contribution in [3.63, 3.8) is 0 Å². The average molecular weight is 333 g/mol. The molecule has 1 aromatic carbocycles. The summed E-state index contributed by atoms with van der Waals surface area (Å²) < 4.78 is 0. The number of fused-ring (bicyclic) bond motifs is 1. The Morgan fingerprint density at radius 3 is 2.57 bits per heavy atom. The Morgan fingerprint density at radius 2 is 1.87 bits per heavy atom. The van der Waals surface area contributed by atoms with Crippen molar-refractivity contribution in [2.45, 2.75) is 19.8 Å². The fraction of sp³-hybridized carbons (Fsp3) is 0.353. The molecule has 3 rings (SSSR count). The smallest absolute Gasteiger partial charge is 0.244 e. The third kappa shape index (κ3) is 3.15. The Hall–Kier alpha value is -2.14. The first-order valence-corrected chi connectivity index (χ1v) is 7.90. The summed E-state index contributed by atoms with van der Waals surface area (Å²) in [5, 5.41) is 3.31. The maximum absolute atomic E-state index is 12.4. The molecule has 0 aromatic heterocycles. The number of allylic oxidation sites excluding steroid dienone is 2. The fourth-order valence-corrected chi connectivity index (χ4v) is 3.29. The molecular weight excluding hydrogens is 316 g/mol. The predicted molar refractivity (Wildman–Crippen MR) is 86.7 cm³/mol. The molecule has 0 spiro atoms. The van der Waals surface area contributed by atoms with Gasteiger partial charge in [-0.1, -0.05) is 35.4 Å². The molecule has 1 heterocycles. The molecule has 1 aliphatic carbocycles. The summed E-state index contributed by atoms with van der Waals surface area (Å²) in [5.74, 6) is -1.76. The van der Waals surface area contributed by atoms with Gasteiger partial charge in [0.25, 0.3) is 0 Å². The lowest BCUT2D eigenvalue weighted by atomic mass is 9.85. The lowest BCUT2D eigenvalue weighted by Crippen LogP contribution is -2.38. The number of rotatable bonds is 3. The zero-order valence-corrected chi connectivity index (χ0v) is 13.5. The van der Waals surface area contributed by atoms with Gasteiger partial charge < -0.3 is 5.32 Å². The lowest BCUT2D eigenvalue weighted by molar-refractivity contribution is -0.142. The molecule has 6 heteroatoms. The minimum Gasteiger partial charge on any atom is -0.325 e. The van der Waals surface area contributed by atoms with Gasteiger partial charge in [0.05, 0.1) is 11.8 Å². The summed E-state index contributed by atoms with van der Waals surface area (Å²) in [4.78, 5) is 37.9. The molecule has 2 aliphatic rings. The molecule has 1 aromatic rings. The molecule has 1 fully saturated rings. The lowest BCUT2D eigenvalue weighted by Gasteiger charge is -2.17. The first-order chi connectivity index (χ1) is 11.0. The normalized spacial score (nSPS) is 23.6. The highest BCUT2D eigenvalue weighted by Gasteiger charge is 2.48. The summed E-state index contributed by atoms with van der Waals surface area (Å²) in [6.07, 6.45) is 2.63. The molecule has 23 heavy (non-hydrogen) atoms. The van der Waals surface area contributed by atoms with Gasteiger partial charge in [-0.05, 0) is 31.9 Å². The fourth-order valence-electron chi connectivity index (χ4n) is 3.03. The van der Waals surface area contributed by atoms with Gasteiger partial charge in [0, 0.05) is 10.7 Å². The van der Waals surface area contributed by atoms with Gasteiger partial charge in [-0.25, -0.2) is 0 Å². The van der Waals surface area contributed by atoms with Crippen molar-refractivity contribution >= 4 is 35.0 Å². The van der Waals surface area contributed by atoms with Crippen molar-refractivity contribution in [2.75, 3.05) is 11.9 Å². The number of amides is 3. The summed E-state index contributed by atoms with van der Waals surface area (Å²) in [6.45, 7) is 1.70. The molecule has 3 amide bonds. The number of nitrogens with zero attached hydrogens (tertiary/aromatic N) is 1. The Kier molecular flexibility index (Phi) is 4.22. The molecule has 0 unspecified atom stereocenters. The molecule has 0 saturated carbocycles. The number of hydrogen-bond acceptors (Lipinski definition) is 3. The highest BCUT2D eigenvalue weighted by Crippen LogP contribution is 2.38. The van der Waals surface area contributed by atoms with Crippen LogP contribution in [0.15, 0.2) is 35.4 Å². The van der Waals surface area contributed by atoms with E-state index in [0.29, 0.717) is 23.6 Å². The number of likely N-dealkylation sites (tertiary alicyclic amines) is 1. The van der Waals surface area contributed by atoms with Crippen molar-refractivity contribution < 1.29 is 14.4 Å². The van der Waals surface area contributed by atoms with E-state index in [1.807, 2.05) is 19.1 Å². The molecule has 5 nitrogen and oxygen atoms in total. The van der Waals surface area contributed by atoms with Gasteiger partial charge in [-0.15, -0.1) is 0 Å². The number of halogens is 1. The van der Waals surface area contributed by atoms with Gasteiger partial charge in [-0.3, -0.25) is 19.3 Å². The van der Waals surface area contributed by atoms with Crippen LogP contribution in [0.3, 0.4) is 0 Å². The maximum atomic E-state index is 12.4. The van der Waals surface area contributed by atoms with Crippen LogP contribution in [-0.2, 0) is 14.4 Å². The van der Waals surface area contributed by atoms with Crippen LogP contribution in [0.25, 0.3) is 0 Å². The van der Waals surface area contributed by atoms with Crippen LogP contribution >= 0.6 is 11.6 Å². The van der Waals surface area contributed by atoms with E-state index in [9.17, 15) is 14.4 Å². The Morgan fingerprint density at radius 1 is 1.22 bits per heavy atom. The van der Waals surface area contributed by atoms with Gasteiger partial charge >= 0.3 is 0 Å². The Labute approximate surface area is 139 Å². The molecule has 2 atom stereocenters. The average Bonchev–Trinajstić information content (AvgIpc) is 2.74. The molecular formula is C17H17ClN2O3. The van der Waals surface area contributed by atoms with Crippen LogP contribution in [0.1, 0.15) is 18.4 Å². The van der Waals surface area contributed by atoms with E-state index < -0.39 is 5.92 Å². The number of anilines is 1. The van der Waals surface area contributed by atoms with Crippen LogP contribution in [0, 0.1) is 18.8 Å². The van der Waals surface area contributed by atoms with E-state index >= 15 is 0 Å². The number of carbonyl (C=O) groups is 3. The Balaban J connectivity index is 1.66. The highest BCUT2D eigenvalue weighted by atomic mass is 35.5. The largest absolute Gasteiger partial charge is 0.325 e. The number of hydrogen-bond donors (Lipinski definition) is 1. The predicted octanol–water partition coefficient (Wildman–Crippen LogP) is 2.45. The van der Waals surface area contributed by atoms with Crippen LogP contribution in [0.5, 0.6) is 0 Å². The second-order valence-corrected chi connectivity index (χ2v) is 6.47. The van der Waals surface area contributed by atoms with E-state index in [1.54, 1.807) is 18.2 Å². The van der Waals surface area contributed by atoms with Crippen LogP contribution in [0.2, 0.25) is 0 Å². The van der Waals surface area contributed by atoms with Gasteiger partial charge in [0.15, 0.2) is 0 Å². The first-order valence-electron chi connectivity index (χ1n) is 7.52. The molecule has 0 radical (unpaired) electrons. The van der Waals surface area contributed by atoms with Gasteiger partial charge in [-0.2, -0.15) is 0 Å². The number of aryl methyl sites for hydroxylation is 1. The molecule has 1 saturated heterocycles. The third-order valence-corrected chi connectivity index (χ3v) is 4.61. The first kappa shape index (κ1) is 15.7. The number of benzene rings is 1. The summed E-state index contributed by atoms with van der Waals surface area (Å²) in [6, 6.07) is 7.32. The van der Waals surface area contributed by atoms with Crippen molar-refractivity contribution in [3.05, 3.63) is 40.9 Å². The summed E-state index contributed by atoms with van der Waals surface area (Å²) in [5.41, 5.74) is 1.73. The van der Waals surface area contributed by atoms with Gasteiger partial charge in [0.2, 0.25) is 17.7 Å². The Bertz CT molecular complexity index is 696. The topological polar surface area (TPSA) is 66.5 Å². The van der Waals surface area contributed by atoms with E-state index in [-0.39, 0.29) is 30.2 Å². The van der Waals surface area contributed by atoms with Crippen molar-refractivity contribution in [3.8, 4) is 0 Å². The second kappa shape index (κ2) is 6.16. The van der Waals surface area contributed by atoms with Crippen molar-refractivity contribution in [1.82, 2.24) is 4.90 Å².